The Morgan fingerprint density at radius 1 is 1.08 bits per heavy atom. The highest BCUT2D eigenvalue weighted by atomic mass is 19.4. The summed E-state index contributed by atoms with van der Waals surface area (Å²) in [4.78, 5) is 14.0. The van der Waals surface area contributed by atoms with Crippen LogP contribution in [0.5, 0.6) is 0 Å². The van der Waals surface area contributed by atoms with Crippen LogP contribution in [-0.4, -0.2) is 24.4 Å². The number of nitrogens with zero attached hydrogens (tertiary/aromatic N) is 1. The van der Waals surface area contributed by atoms with Crippen LogP contribution in [0, 0.1) is 0 Å². The number of anilines is 1. The first kappa shape index (κ1) is 18.5. The normalized spacial score (nSPS) is 13.7. The van der Waals surface area contributed by atoms with E-state index in [2.05, 4.69) is 11.4 Å². The lowest BCUT2D eigenvalue weighted by Gasteiger charge is -2.17. The summed E-state index contributed by atoms with van der Waals surface area (Å²) in [7, 11) is 1.76. The fourth-order valence-corrected chi connectivity index (χ4v) is 3.26. The monoisotopic (exact) mass is 362 g/mol. The van der Waals surface area contributed by atoms with Crippen LogP contribution in [0.3, 0.4) is 0 Å². The van der Waals surface area contributed by atoms with Gasteiger partial charge in [-0.2, -0.15) is 13.2 Å². The van der Waals surface area contributed by atoms with Crippen molar-refractivity contribution in [3.63, 3.8) is 0 Å². The first-order chi connectivity index (χ1) is 12.3. The Bertz CT molecular complexity index is 785. The number of carbonyl (C=O) groups excluding carboxylic acids is 1. The van der Waals surface area contributed by atoms with Gasteiger partial charge in [-0.25, -0.2) is 0 Å². The van der Waals surface area contributed by atoms with Gasteiger partial charge in [0.25, 0.3) is 0 Å². The first-order valence-electron chi connectivity index (χ1n) is 8.57. The van der Waals surface area contributed by atoms with Gasteiger partial charge >= 0.3 is 6.18 Å². The fourth-order valence-electron chi connectivity index (χ4n) is 3.26. The topological polar surface area (TPSA) is 32.3 Å². The number of likely N-dealkylation sites (N-methyl/N-ethyl adjacent to an activating group) is 1. The van der Waals surface area contributed by atoms with E-state index in [1.807, 2.05) is 12.1 Å². The first-order valence-corrected chi connectivity index (χ1v) is 8.57. The van der Waals surface area contributed by atoms with Gasteiger partial charge in [-0.05, 0) is 67.3 Å². The summed E-state index contributed by atoms with van der Waals surface area (Å²) in [6.07, 6.45) is -1.03. The van der Waals surface area contributed by atoms with Gasteiger partial charge in [0.05, 0.1) is 12.1 Å². The molecule has 0 aromatic heterocycles. The number of rotatable bonds is 5. The molecule has 2 aromatic carbocycles. The Balaban J connectivity index is 1.52. The van der Waals surface area contributed by atoms with E-state index in [0.29, 0.717) is 6.54 Å². The quantitative estimate of drug-likeness (QED) is 0.862. The van der Waals surface area contributed by atoms with Crippen molar-refractivity contribution in [2.24, 2.45) is 0 Å². The number of halogens is 3. The second-order valence-corrected chi connectivity index (χ2v) is 6.75. The van der Waals surface area contributed by atoms with Gasteiger partial charge in [0.1, 0.15) is 0 Å². The third-order valence-electron chi connectivity index (χ3n) is 4.53. The van der Waals surface area contributed by atoms with Crippen molar-refractivity contribution < 1.29 is 18.0 Å². The van der Waals surface area contributed by atoms with Crippen LogP contribution < -0.4 is 5.32 Å². The average Bonchev–Trinajstić information content (AvgIpc) is 3.01. The maximum Gasteiger partial charge on any atom is 0.416 e. The fraction of sp³-hybridized carbons (Fsp3) is 0.350. The summed E-state index contributed by atoms with van der Waals surface area (Å²) in [6, 6.07) is 11.0. The molecular formula is C20H21F3N2O. The van der Waals surface area contributed by atoms with Crippen molar-refractivity contribution >= 4 is 11.6 Å². The molecule has 26 heavy (non-hydrogen) atoms. The van der Waals surface area contributed by atoms with Gasteiger partial charge in [-0.1, -0.05) is 18.2 Å². The molecule has 0 saturated carbocycles. The molecule has 0 aliphatic heterocycles. The summed E-state index contributed by atoms with van der Waals surface area (Å²) in [5.74, 6) is -0.141. The van der Waals surface area contributed by atoms with E-state index in [1.54, 1.807) is 11.9 Å². The van der Waals surface area contributed by atoms with E-state index in [4.69, 9.17) is 0 Å². The molecule has 6 heteroatoms. The maximum absolute atomic E-state index is 12.6. The van der Waals surface area contributed by atoms with Crippen LogP contribution in [0.2, 0.25) is 0 Å². The molecule has 1 amide bonds. The van der Waals surface area contributed by atoms with Crippen molar-refractivity contribution in [3.8, 4) is 0 Å². The number of aryl methyl sites for hydroxylation is 2. The molecule has 1 aliphatic rings. The lowest BCUT2D eigenvalue weighted by Crippen LogP contribution is -2.29. The molecule has 138 valence electrons. The number of nitrogens with one attached hydrogen (secondary N) is 1. The minimum atomic E-state index is -4.33. The second kappa shape index (κ2) is 7.50. The van der Waals surface area contributed by atoms with E-state index >= 15 is 0 Å². The number of carbonyl (C=O) groups is 1. The SMILES string of the molecule is CN(CC(=O)Nc1ccc2c(c1)CCC2)Cc1ccc(C(F)(F)F)cc1. The lowest BCUT2D eigenvalue weighted by molar-refractivity contribution is -0.137. The molecule has 0 atom stereocenters. The smallest absolute Gasteiger partial charge is 0.325 e. The number of benzene rings is 2. The molecule has 0 heterocycles. The molecule has 1 N–H and O–H groups in total. The van der Waals surface area contributed by atoms with Crippen LogP contribution in [0.25, 0.3) is 0 Å². The number of fused-ring (bicyclic) bond motifs is 1. The highest BCUT2D eigenvalue weighted by Gasteiger charge is 2.29. The predicted molar refractivity (Wildman–Crippen MR) is 94.9 cm³/mol. The van der Waals surface area contributed by atoms with Gasteiger partial charge in [0.2, 0.25) is 5.91 Å². The van der Waals surface area contributed by atoms with Gasteiger partial charge in [-0.15, -0.1) is 0 Å². The minimum absolute atomic E-state index is 0.141. The van der Waals surface area contributed by atoms with Crippen LogP contribution in [0.1, 0.15) is 28.7 Å². The Morgan fingerprint density at radius 2 is 1.77 bits per heavy atom. The number of hydrogen-bond donors (Lipinski definition) is 1. The average molecular weight is 362 g/mol. The zero-order chi connectivity index (χ0) is 18.7. The third-order valence-corrected chi connectivity index (χ3v) is 4.53. The molecule has 0 saturated heterocycles. The van der Waals surface area contributed by atoms with E-state index in [9.17, 15) is 18.0 Å². The van der Waals surface area contributed by atoms with Gasteiger partial charge in [0, 0.05) is 12.2 Å². The van der Waals surface area contributed by atoms with E-state index in [1.165, 1.54) is 23.3 Å². The van der Waals surface area contributed by atoms with Crippen molar-refractivity contribution in [2.45, 2.75) is 32.0 Å². The van der Waals surface area contributed by atoms with Gasteiger partial charge in [0.15, 0.2) is 0 Å². The van der Waals surface area contributed by atoms with Crippen LogP contribution in [0.4, 0.5) is 18.9 Å². The number of hydrogen-bond acceptors (Lipinski definition) is 2. The summed E-state index contributed by atoms with van der Waals surface area (Å²) >= 11 is 0. The second-order valence-electron chi connectivity index (χ2n) is 6.75. The zero-order valence-electron chi connectivity index (χ0n) is 14.6. The Labute approximate surface area is 150 Å². The molecule has 0 fully saturated rings. The summed E-state index contributed by atoms with van der Waals surface area (Å²) < 4.78 is 37.7. The minimum Gasteiger partial charge on any atom is -0.325 e. The Kier molecular flexibility index (Phi) is 5.32. The Hall–Kier alpha value is -2.34. The largest absolute Gasteiger partial charge is 0.416 e. The standard InChI is InChI=1S/C20H21F3N2O/c1-25(12-14-5-8-17(9-6-14)20(21,22)23)13-19(26)24-18-10-7-15-3-2-4-16(15)11-18/h5-11H,2-4,12-13H2,1H3,(H,24,26). The van der Waals surface area contributed by atoms with Crippen molar-refractivity contribution in [3.05, 3.63) is 64.7 Å². The third kappa shape index (κ3) is 4.64. The molecule has 0 radical (unpaired) electrons. The lowest BCUT2D eigenvalue weighted by atomic mass is 10.1. The molecule has 0 bridgehead atoms. The Morgan fingerprint density at radius 3 is 2.46 bits per heavy atom. The van der Waals surface area contributed by atoms with Crippen molar-refractivity contribution in [1.29, 1.82) is 0 Å². The molecule has 3 rings (SSSR count). The highest BCUT2D eigenvalue weighted by Crippen LogP contribution is 2.29. The van der Waals surface area contributed by atoms with Crippen LogP contribution in [-0.2, 0) is 30.4 Å². The molecule has 0 spiro atoms. The maximum atomic E-state index is 12.6. The van der Waals surface area contributed by atoms with E-state index < -0.39 is 11.7 Å². The molecule has 1 aliphatic carbocycles. The molecule has 0 unspecified atom stereocenters. The van der Waals surface area contributed by atoms with Gasteiger partial charge < -0.3 is 5.32 Å². The molecule has 3 nitrogen and oxygen atoms in total. The molecular weight excluding hydrogens is 341 g/mol. The predicted octanol–water partition coefficient (Wildman–Crippen LogP) is 4.26. The van der Waals surface area contributed by atoms with E-state index in [-0.39, 0.29) is 12.5 Å². The van der Waals surface area contributed by atoms with Gasteiger partial charge in [-0.3, -0.25) is 9.69 Å². The van der Waals surface area contributed by atoms with Crippen LogP contribution >= 0.6 is 0 Å². The number of amides is 1. The number of alkyl halides is 3. The van der Waals surface area contributed by atoms with Crippen molar-refractivity contribution in [1.82, 2.24) is 4.90 Å². The van der Waals surface area contributed by atoms with Crippen LogP contribution in [0.15, 0.2) is 42.5 Å². The molecule has 2 aromatic rings. The summed E-state index contributed by atoms with van der Waals surface area (Å²) in [5.41, 5.74) is 3.49. The van der Waals surface area contributed by atoms with Crippen molar-refractivity contribution in [2.75, 3.05) is 18.9 Å². The summed E-state index contributed by atoms with van der Waals surface area (Å²) in [6.45, 7) is 0.563. The summed E-state index contributed by atoms with van der Waals surface area (Å²) in [5, 5.41) is 2.89. The van der Waals surface area contributed by atoms with E-state index in [0.717, 1.165) is 42.6 Å². The highest BCUT2D eigenvalue weighted by molar-refractivity contribution is 5.92. The zero-order valence-corrected chi connectivity index (χ0v) is 14.6.